The van der Waals surface area contributed by atoms with Crippen LogP contribution in [0, 0.1) is 27.7 Å². The Labute approximate surface area is 143 Å². The molecule has 2 heterocycles. The first kappa shape index (κ1) is 16.8. The maximum Gasteiger partial charge on any atom is 0.339 e. The Morgan fingerprint density at radius 1 is 1.16 bits per heavy atom. The van der Waals surface area contributed by atoms with Crippen molar-refractivity contribution in [1.29, 1.82) is 0 Å². The summed E-state index contributed by atoms with van der Waals surface area (Å²) in [6.07, 6.45) is 0. The van der Waals surface area contributed by atoms with E-state index < -0.39 is 0 Å². The van der Waals surface area contributed by atoms with Crippen molar-refractivity contribution in [3.63, 3.8) is 0 Å². The molecule has 7 nitrogen and oxygen atoms in total. The van der Waals surface area contributed by atoms with Crippen LogP contribution in [0.3, 0.4) is 0 Å². The van der Waals surface area contributed by atoms with Gasteiger partial charge in [0.25, 0.3) is 5.91 Å². The summed E-state index contributed by atoms with van der Waals surface area (Å²) in [5.74, 6) is 1.06. The molecule has 0 aliphatic heterocycles. The molecule has 0 aliphatic carbocycles. The fraction of sp³-hybridized carbons (Fsp3) is 0.278. The molecule has 0 fully saturated rings. The molecule has 130 valence electrons. The molecule has 0 bridgehead atoms. The van der Waals surface area contributed by atoms with E-state index in [0.717, 1.165) is 11.1 Å². The van der Waals surface area contributed by atoms with E-state index in [4.69, 9.17) is 13.7 Å². The largest absolute Gasteiger partial charge is 0.483 e. The fourth-order valence-corrected chi connectivity index (χ4v) is 2.55. The summed E-state index contributed by atoms with van der Waals surface area (Å²) < 4.78 is 15.9. The first-order valence-corrected chi connectivity index (χ1v) is 7.76. The Balaban J connectivity index is 1.87. The summed E-state index contributed by atoms with van der Waals surface area (Å²) in [4.78, 5) is 23.9. The molecule has 0 aliphatic rings. The number of carbonyl (C=O) groups excluding carboxylic acids is 1. The van der Waals surface area contributed by atoms with E-state index in [-0.39, 0.29) is 18.1 Å². The van der Waals surface area contributed by atoms with Crippen LogP contribution in [0.15, 0.2) is 31.9 Å². The van der Waals surface area contributed by atoms with Crippen molar-refractivity contribution in [2.45, 2.75) is 27.7 Å². The highest BCUT2D eigenvalue weighted by Gasteiger charge is 2.15. The maximum absolute atomic E-state index is 12.0. The van der Waals surface area contributed by atoms with Crippen molar-refractivity contribution in [2.24, 2.45) is 0 Å². The van der Waals surface area contributed by atoms with Crippen molar-refractivity contribution in [1.82, 2.24) is 5.16 Å². The predicted molar refractivity (Wildman–Crippen MR) is 92.1 cm³/mol. The number of aryl methyl sites for hydroxylation is 3. The van der Waals surface area contributed by atoms with Crippen LogP contribution in [0.25, 0.3) is 11.0 Å². The van der Waals surface area contributed by atoms with Crippen LogP contribution in [-0.2, 0) is 4.79 Å². The van der Waals surface area contributed by atoms with Crippen LogP contribution >= 0.6 is 0 Å². The molecule has 25 heavy (non-hydrogen) atoms. The van der Waals surface area contributed by atoms with Gasteiger partial charge in [0.05, 0.1) is 5.39 Å². The molecule has 1 aromatic carbocycles. The topological polar surface area (TPSA) is 94.6 Å². The summed E-state index contributed by atoms with van der Waals surface area (Å²) in [5, 5.41) is 6.97. The van der Waals surface area contributed by atoms with E-state index in [9.17, 15) is 9.59 Å². The first-order valence-electron chi connectivity index (χ1n) is 7.76. The van der Waals surface area contributed by atoms with Gasteiger partial charge < -0.3 is 19.0 Å². The molecule has 2 aromatic heterocycles. The maximum atomic E-state index is 12.0. The standard InChI is InChI=1S/C18H18N2O5/c1-9-5-13(17-11(3)12(4)18(22)24-14(17)6-9)23-8-16(21)19-15-7-10(2)25-20-15/h5-7H,8H2,1-4H3,(H,19,20,21). The number of nitrogens with one attached hydrogen (secondary N) is 1. The SMILES string of the molecule is Cc1cc(OCC(=O)Nc2cc(C)on2)c2c(C)c(C)c(=O)oc2c1. The Bertz CT molecular complexity index is 1020. The number of amides is 1. The predicted octanol–water partition coefficient (Wildman–Crippen LogP) is 3.03. The highest BCUT2D eigenvalue weighted by atomic mass is 16.5. The van der Waals surface area contributed by atoms with Crippen LogP contribution in [0.1, 0.15) is 22.5 Å². The average molecular weight is 342 g/mol. The molecular formula is C18H18N2O5. The highest BCUT2D eigenvalue weighted by Crippen LogP contribution is 2.30. The summed E-state index contributed by atoms with van der Waals surface area (Å²) in [6.45, 7) is 6.91. The molecular weight excluding hydrogens is 324 g/mol. The fourth-order valence-electron chi connectivity index (χ4n) is 2.55. The lowest BCUT2D eigenvalue weighted by Crippen LogP contribution is -2.20. The zero-order valence-electron chi connectivity index (χ0n) is 14.4. The number of hydrogen-bond donors (Lipinski definition) is 1. The lowest BCUT2D eigenvalue weighted by Gasteiger charge is -2.12. The lowest BCUT2D eigenvalue weighted by molar-refractivity contribution is -0.118. The van der Waals surface area contributed by atoms with Crippen LogP contribution in [0.2, 0.25) is 0 Å². The molecule has 0 spiro atoms. The molecule has 0 radical (unpaired) electrons. The van der Waals surface area contributed by atoms with E-state index in [1.807, 2.05) is 19.9 Å². The smallest absolute Gasteiger partial charge is 0.339 e. The summed E-state index contributed by atoms with van der Waals surface area (Å²) >= 11 is 0. The molecule has 0 unspecified atom stereocenters. The molecule has 0 saturated carbocycles. The second kappa shape index (κ2) is 6.43. The van der Waals surface area contributed by atoms with Gasteiger partial charge in [0.2, 0.25) is 0 Å². The van der Waals surface area contributed by atoms with E-state index >= 15 is 0 Å². The van der Waals surface area contributed by atoms with Crippen molar-refractivity contribution in [2.75, 3.05) is 11.9 Å². The zero-order chi connectivity index (χ0) is 18.1. The van der Waals surface area contributed by atoms with Gasteiger partial charge in [-0.05, 0) is 51.0 Å². The van der Waals surface area contributed by atoms with Gasteiger partial charge in [0.15, 0.2) is 12.4 Å². The van der Waals surface area contributed by atoms with Crippen LogP contribution in [-0.4, -0.2) is 17.7 Å². The third kappa shape index (κ3) is 3.40. The van der Waals surface area contributed by atoms with E-state index in [0.29, 0.717) is 33.9 Å². The number of benzene rings is 1. The number of anilines is 1. The summed E-state index contributed by atoms with van der Waals surface area (Å²) in [5.41, 5.74) is 2.22. The molecule has 1 N–H and O–H groups in total. The third-order valence-electron chi connectivity index (χ3n) is 3.91. The lowest BCUT2D eigenvalue weighted by atomic mass is 10.0. The van der Waals surface area contributed by atoms with Crippen LogP contribution in [0.4, 0.5) is 5.82 Å². The van der Waals surface area contributed by atoms with Crippen molar-refractivity contribution < 1.29 is 18.5 Å². The number of nitrogens with zero attached hydrogens (tertiary/aromatic N) is 1. The summed E-state index contributed by atoms with van der Waals surface area (Å²) in [7, 11) is 0. The van der Waals surface area contributed by atoms with E-state index in [1.165, 1.54) is 0 Å². The van der Waals surface area contributed by atoms with Gasteiger partial charge >= 0.3 is 5.63 Å². The van der Waals surface area contributed by atoms with Crippen LogP contribution < -0.4 is 15.7 Å². The quantitative estimate of drug-likeness (QED) is 0.732. The third-order valence-corrected chi connectivity index (χ3v) is 3.91. The number of rotatable bonds is 4. The normalized spacial score (nSPS) is 10.9. The van der Waals surface area contributed by atoms with Gasteiger partial charge in [-0.2, -0.15) is 0 Å². The van der Waals surface area contributed by atoms with Gasteiger partial charge in [0.1, 0.15) is 17.1 Å². The van der Waals surface area contributed by atoms with Gasteiger partial charge in [-0.3, -0.25) is 4.79 Å². The van der Waals surface area contributed by atoms with Crippen molar-refractivity contribution >= 4 is 22.7 Å². The Morgan fingerprint density at radius 3 is 2.60 bits per heavy atom. The number of hydrogen-bond acceptors (Lipinski definition) is 6. The Kier molecular flexibility index (Phi) is 4.31. The molecule has 0 saturated heterocycles. The monoisotopic (exact) mass is 342 g/mol. The Morgan fingerprint density at radius 2 is 1.92 bits per heavy atom. The van der Waals surface area contributed by atoms with Gasteiger partial charge in [-0.15, -0.1) is 0 Å². The second-order valence-corrected chi connectivity index (χ2v) is 5.94. The van der Waals surface area contributed by atoms with E-state index in [2.05, 4.69) is 10.5 Å². The number of aromatic nitrogens is 1. The van der Waals surface area contributed by atoms with Crippen molar-refractivity contribution in [3.05, 3.63) is 51.1 Å². The molecule has 7 heteroatoms. The van der Waals surface area contributed by atoms with Crippen LogP contribution in [0.5, 0.6) is 5.75 Å². The number of carbonyl (C=O) groups is 1. The average Bonchev–Trinajstić information content (AvgIpc) is 2.95. The molecule has 3 rings (SSSR count). The minimum Gasteiger partial charge on any atom is -0.483 e. The van der Waals surface area contributed by atoms with Gasteiger partial charge in [-0.25, -0.2) is 4.79 Å². The zero-order valence-corrected chi connectivity index (χ0v) is 14.4. The minimum absolute atomic E-state index is 0.206. The molecule has 3 aromatic rings. The van der Waals surface area contributed by atoms with Gasteiger partial charge in [0, 0.05) is 11.6 Å². The molecule has 1 amide bonds. The molecule has 0 atom stereocenters. The first-order chi connectivity index (χ1) is 11.8. The second-order valence-electron chi connectivity index (χ2n) is 5.94. The number of fused-ring (bicyclic) bond motifs is 1. The highest BCUT2D eigenvalue weighted by molar-refractivity contribution is 5.92. The van der Waals surface area contributed by atoms with E-state index in [1.54, 1.807) is 26.0 Å². The van der Waals surface area contributed by atoms with Gasteiger partial charge in [-0.1, -0.05) is 5.16 Å². The van der Waals surface area contributed by atoms with Crippen molar-refractivity contribution in [3.8, 4) is 5.75 Å². The summed E-state index contributed by atoms with van der Waals surface area (Å²) in [6, 6.07) is 5.19. The minimum atomic E-state index is -0.374. The Hall–Kier alpha value is -3.09. The number of ether oxygens (including phenoxy) is 1.